The maximum Gasteiger partial charge on any atom is 0.234 e. The molecule has 3 rings (SSSR count). The smallest absolute Gasteiger partial charge is 0.234 e. The van der Waals surface area contributed by atoms with Gasteiger partial charge < -0.3 is 14.4 Å². The highest BCUT2D eigenvalue weighted by Crippen LogP contribution is 2.40. The zero-order valence-corrected chi connectivity index (χ0v) is 14.0. The van der Waals surface area contributed by atoms with Gasteiger partial charge in [-0.3, -0.25) is 4.79 Å². The highest BCUT2D eigenvalue weighted by atomic mass is 32.2. The van der Waals surface area contributed by atoms with Gasteiger partial charge in [-0.15, -0.1) is 11.8 Å². The fourth-order valence-electron chi connectivity index (χ4n) is 2.64. The van der Waals surface area contributed by atoms with E-state index >= 15 is 0 Å². The minimum Gasteiger partial charge on any atom is -0.497 e. The molecule has 5 heteroatoms. The molecule has 1 fully saturated rings. The fourth-order valence-corrected chi connectivity index (χ4v) is 3.83. The van der Waals surface area contributed by atoms with Crippen LogP contribution in [0.15, 0.2) is 48.5 Å². The average Bonchev–Trinajstić information content (AvgIpc) is 2.96. The molecule has 0 N–H and O–H groups in total. The van der Waals surface area contributed by atoms with Crippen LogP contribution in [0.1, 0.15) is 16.5 Å². The van der Waals surface area contributed by atoms with Crippen LogP contribution in [0.5, 0.6) is 11.5 Å². The van der Waals surface area contributed by atoms with Crippen molar-refractivity contribution in [1.29, 1.82) is 0 Å². The van der Waals surface area contributed by atoms with Crippen molar-refractivity contribution in [2.45, 2.75) is 11.9 Å². The van der Waals surface area contributed by atoms with Crippen molar-refractivity contribution in [3.63, 3.8) is 0 Å². The molecule has 1 atom stereocenters. The summed E-state index contributed by atoms with van der Waals surface area (Å²) in [5, 5.41) is 0.0413. The second kappa shape index (κ2) is 6.96. The van der Waals surface area contributed by atoms with Gasteiger partial charge in [0.05, 0.1) is 20.0 Å². The van der Waals surface area contributed by atoms with Crippen LogP contribution in [0.4, 0.5) is 0 Å². The Morgan fingerprint density at radius 2 is 1.83 bits per heavy atom. The molecule has 0 bridgehead atoms. The summed E-state index contributed by atoms with van der Waals surface area (Å²) in [7, 11) is 3.30. The lowest BCUT2D eigenvalue weighted by atomic mass is 10.1. The molecule has 1 aliphatic rings. The number of carbonyl (C=O) groups is 1. The number of ether oxygens (including phenoxy) is 2. The number of benzene rings is 2. The summed E-state index contributed by atoms with van der Waals surface area (Å²) in [5.74, 6) is 2.31. The number of thioether (sulfide) groups is 1. The second-order valence-electron chi connectivity index (χ2n) is 5.31. The lowest BCUT2D eigenvalue weighted by molar-refractivity contribution is -0.128. The minimum atomic E-state index is 0.0413. The van der Waals surface area contributed by atoms with Crippen LogP contribution >= 0.6 is 11.8 Å². The molecular weight excluding hydrogens is 310 g/mol. The first kappa shape index (κ1) is 15.7. The summed E-state index contributed by atoms with van der Waals surface area (Å²) in [6.45, 7) is 0.583. The molecule has 0 spiro atoms. The number of hydrogen-bond donors (Lipinski definition) is 0. The first-order valence-electron chi connectivity index (χ1n) is 7.39. The van der Waals surface area contributed by atoms with Gasteiger partial charge in [0, 0.05) is 6.54 Å². The van der Waals surface area contributed by atoms with Gasteiger partial charge in [-0.2, -0.15) is 0 Å². The monoisotopic (exact) mass is 329 g/mol. The number of rotatable bonds is 5. The molecule has 2 aromatic carbocycles. The zero-order valence-electron chi connectivity index (χ0n) is 13.2. The van der Waals surface area contributed by atoms with Crippen LogP contribution in [-0.4, -0.2) is 30.8 Å². The van der Waals surface area contributed by atoms with E-state index in [-0.39, 0.29) is 11.3 Å². The number of amides is 1. The third kappa shape index (κ3) is 3.45. The molecule has 0 aliphatic carbocycles. The van der Waals surface area contributed by atoms with E-state index in [9.17, 15) is 4.79 Å². The number of carbonyl (C=O) groups excluding carboxylic acids is 1. The van der Waals surface area contributed by atoms with Crippen molar-refractivity contribution >= 4 is 17.7 Å². The van der Waals surface area contributed by atoms with Crippen LogP contribution in [0, 0.1) is 0 Å². The summed E-state index contributed by atoms with van der Waals surface area (Å²) in [6, 6.07) is 15.8. The van der Waals surface area contributed by atoms with E-state index in [0.29, 0.717) is 12.3 Å². The molecule has 4 nitrogen and oxygen atoms in total. The van der Waals surface area contributed by atoms with E-state index in [1.54, 1.807) is 26.0 Å². The van der Waals surface area contributed by atoms with Gasteiger partial charge in [0.15, 0.2) is 0 Å². The van der Waals surface area contributed by atoms with Crippen molar-refractivity contribution in [3.05, 3.63) is 59.7 Å². The second-order valence-corrected chi connectivity index (χ2v) is 6.38. The molecule has 1 heterocycles. The summed E-state index contributed by atoms with van der Waals surface area (Å²) in [4.78, 5) is 14.2. The highest BCUT2D eigenvalue weighted by Gasteiger charge is 2.32. The van der Waals surface area contributed by atoms with Crippen LogP contribution in [-0.2, 0) is 11.3 Å². The molecule has 0 radical (unpaired) electrons. The van der Waals surface area contributed by atoms with E-state index in [1.165, 1.54) is 0 Å². The Kier molecular flexibility index (Phi) is 4.76. The van der Waals surface area contributed by atoms with Crippen LogP contribution < -0.4 is 9.47 Å². The first-order valence-corrected chi connectivity index (χ1v) is 8.44. The van der Waals surface area contributed by atoms with E-state index in [1.807, 2.05) is 53.4 Å². The third-order valence-electron chi connectivity index (χ3n) is 3.86. The normalized spacial score (nSPS) is 17.4. The maximum absolute atomic E-state index is 12.3. The number of hydrogen-bond acceptors (Lipinski definition) is 4. The van der Waals surface area contributed by atoms with E-state index in [4.69, 9.17) is 9.47 Å². The van der Waals surface area contributed by atoms with E-state index in [2.05, 4.69) is 0 Å². The quantitative estimate of drug-likeness (QED) is 0.842. The molecule has 2 aromatic rings. The topological polar surface area (TPSA) is 38.8 Å². The molecule has 1 saturated heterocycles. The van der Waals surface area contributed by atoms with Crippen molar-refractivity contribution in [3.8, 4) is 11.5 Å². The summed E-state index contributed by atoms with van der Waals surface area (Å²) in [5.41, 5.74) is 2.18. The van der Waals surface area contributed by atoms with E-state index < -0.39 is 0 Å². The minimum absolute atomic E-state index is 0.0413. The third-order valence-corrected chi connectivity index (χ3v) is 5.11. The van der Waals surface area contributed by atoms with Gasteiger partial charge >= 0.3 is 0 Å². The molecule has 1 amide bonds. The van der Waals surface area contributed by atoms with Crippen LogP contribution in [0.3, 0.4) is 0 Å². The highest BCUT2D eigenvalue weighted by molar-refractivity contribution is 8.00. The standard InChI is InChI=1S/C18H19NO3S/c1-21-15-8-6-14(7-9-15)18-19(17(20)12-23-18)11-13-4-3-5-16(10-13)22-2/h3-10,18H,11-12H2,1-2H3/t18-/m0/s1. The van der Waals surface area contributed by atoms with Crippen molar-refractivity contribution in [1.82, 2.24) is 4.90 Å². The summed E-state index contributed by atoms with van der Waals surface area (Å²) >= 11 is 1.66. The van der Waals surface area contributed by atoms with Gasteiger partial charge in [0.1, 0.15) is 16.9 Å². The van der Waals surface area contributed by atoms with Crippen molar-refractivity contribution < 1.29 is 14.3 Å². The zero-order chi connectivity index (χ0) is 16.2. The molecule has 120 valence electrons. The molecule has 0 aromatic heterocycles. The Hall–Kier alpha value is -2.14. The van der Waals surface area contributed by atoms with Crippen molar-refractivity contribution in [2.75, 3.05) is 20.0 Å². The molecular formula is C18H19NO3S. The fraction of sp³-hybridized carbons (Fsp3) is 0.278. The Morgan fingerprint density at radius 3 is 2.52 bits per heavy atom. The molecule has 0 saturated carbocycles. The number of methoxy groups -OCH3 is 2. The Morgan fingerprint density at radius 1 is 1.09 bits per heavy atom. The van der Waals surface area contributed by atoms with Crippen LogP contribution in [0.25, 0.3) is 0 Å². The van der Waals surface area contributed by atoms with Gasteiger partial charge in [-0.1, -0.05) is 24.3 Å². The maximum atomic E-state index is 12.3. The first-order chi connectivity index (χ1) is 11.2. The van der Waals surface area contributed by atoms with Crippen molar-refractivity contribution in [2.24, 2.45) is 0 Å². The summed E-state index contributed by atoms with van der Waals surface area (Å²) < 4.78 is 10.5. The SMILES string of the molecule is COc1ccc([C@@H]2SCC(=O)N2Cc2cccc(OC)c2)cc1. The Bertz CT molecular complexity index is 687. The van der Waals surface area contributed by atoms with Gasteiger partial charge in [0.2, 0.25) is 5.91 Å². The van der Waals surface area contributed by atoms with Gasteiger partial charge in [0.25, 0.3) is 0 Å². The Labute approximate surface area is 140 Å². The largest absolute Gasteiger partial charge is 0.497 e. The Balaban J connectivity index is 1.81. The predicted octanol–water partition coefficient (Wildman–Crippen LogP) is 3.48. The molecule has 1 aliphatic heterocycles. The average molecular weight is 329 g/mol. The van der Waals surface area contributed by atoms with E-state index in [0.717, 1.165) is 22.6 Å². The predicted molar refractivity (Wildman–Crippen MR) is 91.7 cm³/mol. The number of nitrogens with zero attached hydrogens (tertiary/aromatic N) is 1. The van der Waals surface area contributed by atoms with Gasteiger partial charge in [-0.05, 0) is 35.4 Å². The molecule has 23 heavy (non-hydrogen) atoms. The van der Waals surface area contributed by atoms with Gasteiger partial charge in [-0.25, -0.2) is 0 Å². The van der Waals surface area contributed by atoms with Crippen LogP contribution in [0.2, 0.25) is 0 Å². The lowest BCUT2D eigenvalue weighted by Gasteiger charge is -2.24. The lowest BCUT2D eigenvalue weighted by Crippen LogP contribution is -2.27. The molecule has 0 unspecified atom stereocenters. The summed E-state index contributed by atoms with van der Waals surface area (Å²) in [6.07, 6.45) is 0.